The maximum atomic E-state index is 14.2. The van der Waals surface area contributed by atoms with Crippen LogP contribution in [-0.2, 0) is 13.1 Å². The number of nitrogens with one attached hydrogen (secondary N) is 1. The van der Waals surface area contributed by atoms with Gasteiger partial charge in [0.2, 0.25) is 0 Å². The zero-order valence-corrected chi connectivity index (χ0v) is 14.3. The Morgan fingerprint density at radius 2 is 2.08 bits per heavy atom. The SMILES string of the molecule is CCCn1cnnc1CNc1cc(-c2ccccc2F)nc2ccnn12. The van der Waals surface area contributed by atoms with Crippen LogP contribution in [0.5, 0.6) is 0 Å². The Morgan fingerprint density at radius 1 is 1.19 bits per heavy atom. The summed E-state index contributed by atoms with van der Waals surface area (Å²) in [4.78, 5) is 4.51. The van der Waals surface area contributed by atoms with Gasteiger partial charge in [0.05, 0.1) is 18.4 Å². The molecule has 1 N–H and O–H groups in total. The van der Waals surface area contributed by atoms with Gasteiger partial charge in [0, 0.05) is 24.2 Å². The van der Waals surface area contributed by atoms with Gasteiger partial charge >= 0.3 is 0 Å². The summed E-state index contributed by atoms with van der Waals surface area (Å²) in [7, 11) is 0. The zero-order valence-electron chi connectivity index (χ0n) is 14.3. The highest BCUT2D eigenvalue weighted by molar-refractivity contribution is 5.66. The molecule has 7 nitrogen and oxygen atoms in total. The molecule has 132 valence electrons. The number of anilines is 1. The number of fused-ring (bicyclic) bond motifs is 1. The molecule has 0 radical (unpaired) electrons. The van der Waals surface area contributed by atoms with Crippen molar-refractivity contribution in [3.63, 3.8) is 0 Å². The molecule has 0 saturated carbocycles. The molecule has 26 heavy (non-hydrogen) atoms. The third-order valence-corrected chi connectivity index (χ3v) is 4.10. The van der Waals surface area contributed by atoms with Crippen molar-refractivity contribution in [1.82, 2.24) is 29.4 Å². The van der Waals surface area contributed by atoms with Crippen LogP contribution in [0.1, 0.15) is 19.2 Å². The minimum atomic E-state index is -0.308. The quantitative estimate of drug-likeness (QED) is 0.578. The molecule has 0 spiro atoms. The van der Waals surface area contributed by atoms with E-state index in [0.29, 0.717) is 29.3 Å². The van der Waals surface area contributed by atoms with Crippen LogP contribution in [0.4, 0.5) is 10.2 Å². The van der Waals surface area contributed by atoms with E-state index < -0.39 is 0 Å². The molecule has 3 heterocycles. The third-order valence-electron chi connectivity index (χ3n) is 4.10. The van der Waals surface area contributed by atoms with E-state index in [1.807, 2.05) is 4.57 Å². The summed E-state index contributed by atoms with van der Waals surface area (Å²) in [5, 5.41) is 15.7. The van der Waals surface area contributed by atoms with Crippen molar-refractivity contribution in [2.45, 2.75) is 26.4 Å². The fraction of sp³-hybridized carbons (Fsp3) is 0.222. The number of nitrogens with zero attached hydrogens (tertiary/aromatic N) is 6. The third kappa shape index (κ3) is 3.01. The molecule has 0 amide bonds. The lowest BCUT2D eigenvalue weighted by atomic mass is 10.1. The minimum absolute atomic E-state index is 0.308. The topological polar surface area (TPSA) is 72.9 Å². The number of hydrogen-bond donors (Lipinski definition) is 1. The summed E-state index contributed by atoms with van der Waals surface area (Å²) >= 11 is 0. The lowest BCUT2D eigenvalue weighted by Gasteiger charge is -2.11. The van der Waals surface area contributed by atoms with Crippen LogP contribution in [0.25, 0.3) is 16.9 Å². The van der Waals surface area contributed by atoms with E-state index >= 15 is 0 Å². The molecule has 0 bridgehead atoms. The molecular formula is C18H18FN7. The summed E-state index contributed by atoms with van der Waals surface area (Å²) in [6, 6.07) is 10.2. The van der Waals surface area contributed by atoms with E-state index in [4.69, 9.17) is 0 Å². The van der Waals surface area contributed by atoms with Crippen molar-refractivity contribution in [2.75, 3.05) is 5.32 Å². The predicted octanol–water partition coefficient (Wildman–Crippen LogP) is 3.15. The summed E-state index contributed by atoms with van der Waals surface area (Å²) in [6.07, 6.45) is 4.39. The summed E-state index contributed by atoms with van der Waals surface area (Å²) in [5.74, 6) is 1.23. The molecule has 0 aliphatic heterocycles. The van der Waals surface area contributed by atoms with Gasteiger partial charge in [0.1, 0.15) is 18.0 Å². The molecule has 4 rings (SSSR count). The molecule has 3 aromatic heterocycles. The number of halogens is 1. The molecule has 4 aromatic rings. The maximum Gasteiger partial charge on any atom is 0.157 e. The van der Waals surface area contributed by atoms with Gasteiger partial charge in [0.15, 0.2) is 11.5 Å². The Morgan fingerprint density at radius 3 is 2.92 bits per heavy atom. The predicted molar refractivity (Wildman–Crippen MR) is 96.0 cm³/mol. The number of rotatable bonds is 6. The molecular weight excluding hydrogens is 333 g/mol. The maximum absolute atomic E-state index is 14.2. The van der Waals surface area contributed by atoms with Crippen LogP contribution in [0.2, 0.25) is 0 Å². The van der Waals surface area contributed by atoms with Crippen LogP contribution in [0, 0.1) is 5.82 Å². The molecule has 0 fully saturated rings. The van der Waals surface area contributed by atoms with Crippen molar-refractivity contribution < 1.29 is 4.39 Å². The molecule has 0 aliphatic rings. The second-order valence-corrected chi connectivity index (χ2v) is 5.90. The van der Waals surface area contributed by atoms with E-state index in [-0.39, 0.29) is 5.82 Å². The van der Waals surface area contributed by atoms with E-state index in [1.165, 1.54) is 6.07 Å². The summed E-state index contributed by atoms with van der Waals surface area (Å²) in [5.41, 5.74) is 1.64. The van der Waals surface area contributed by atoms with Gasteiger partial charge < -0.3 is 9.88 Å². The lowest BCUT2D eigenvalue weighted by Crippen LogP contribution is -2.11. The van der Waals surface area contributed by atoms with Crippen molar-refractivity contribution in [1.29, 1.82) is 0 Å². The number of benzene rings is 1. The molecule has 0 aliphatic carbocycles. The Balaban J connectivity index is 1.69. The fourth-order valence-electron chi connectivity index (χ4n) is 2.86. The van der Waals surface area contributed by atoms with Gasteiger partial charge in [0.25, 0.3) is 0 Å². The first kappa shape index (κ1) is 16.2. The van der Waals surface area contributed by atoms with Crippen LogP contribution >= 0.6 is 0 Å². The van der Waals surface area contributed by atoms with Crippen LogP contribution in [0.15, 0.2) is 48.9 Å². The van der Waals surface area contributed by atoms with Crippen molar-refractivity contribution in [2.24, 2.45) is 0 Å². The first-order valence-electron chi connectivity index (χ1n) is 8.46. The highest BCUT2D eigenvalue weighted by Crippen LogP contribution is 2.24. The van der Waals surface area contributed by atoms with E-state index in [0.717, 1.165) is 18.8 Å². The molecule has 0 saturated heterocycles. The van der Waals surface area contributed by atoms with Crippen LogP contribution in [-0.4, -0.2) is 29.4 Å². The van der Waals surface area contributed by atoms with Gasteiger partial charge in [-0.2, -0.15) is 9.61 Å². The fourth-order valence-corrected chi connectivity index (χ4v) is 2.86. The second-order valence-electron chi connectivity index (χ2n) is 5.90. The Hall–Kier alpha value is -3.29. The van der Waals surface area contributed by atoms with Crippen LogP contribution < -0.4 is 5.32 Å². The van der Waals surface area contributed by atoms with Crippen molar-refractivity contribution in [3.05, 3.63) is 60.6 Å². The second kappa shape index (κ2) is 6.91. The van der Waals surface area contributed by atoms with Gasteiger partial charge in [-0.25, -0.2) is 9.37 Å². The standard InChI is InChI=1S/C18H18FN7/c1-2-9-25-12-21-24-18(25)11-20-17-10-15(13-5-3-4-6-14(13)19)23-16-7-8-22-26(16)17/h3-8,10,12,20H,2,9,11H2,1H3. The first-order valence-corrected chi connectivity index (χ1v) is 8.46. The van der Waals surface area contributed by atoms with Gasteiger partial charge in [-0.3, -0.25) is 0 Å². The van der Waals surface area contributed by atoms with E-state index in [1.54, 1.807) is 47.4 Å². The zero-order chi connectivity index (χ0) is 17.9. The molecule has 0 unspecified atom stereocenters. The monoisotopic (exact) mass is 351 g/mol. The first-order chi connectivity index (χ1) is 12.8. The smallest absolute Gasteiger partial charge is 0.157 e. The molecule has 0 atom stereocenters. The molecule has 8 heteroatoms. The number of aryl methyl sites for hydroxylation is 1. The van der Waals surface area contributed by atoms with Crippen molar-refractivity contribution in [3.8, 4) is 11.3 Å². The van der Waals surface area contributed by atoms with Gasteiger partial charge in [-0.1, -0.05) is 19.1 Å². The van der Waals surface area contributed by atoms with E-state index in [2.05, 4.69) is 32.5 Å². The highest BCUT2D eigenvalue weighted by Gasteiger charge is 2.12. The Bertz CT molecular complexity index is 1040. The lowest BCUT2D eigenvalue weighted by molar-refractivity contribution is 0.630. The highest BCUT2D eigenvalue weighted by atomic mass is 19.1. The van der Waals surface area contributed by atoms with Gasteiger partial charge in [-0.15, -0.1) is 10.2 Å². The number of hydrogen-bond acceptors (Lipinski definition) is 5. The average Bonchev–Trinajstić information content (AvgIpc) is 3.29. The minimum Gasteiger partial charge on any atom is -0.363 e. The van der Waals surface area contributed by atoms with Crippen LogP contribution in [0.3, 0.4) is 0 Å². The largest absolute Gasteiger partial charge is 0.363 e. The number of aromatic nitrogens is 6. The summed E-state index contributed by atoms with van der Waals surface area (Å²) in [6.45, 7) is 3.45. The van der Waals surface area contributed by atoms with Crippen molar-refractivity contribution >= 4 is 11.5 Å². The molecule has 1 aromatic carbocycles. The normalized spacial score (nSPS) is 11.2. The summed E-state index contributed by atoms with van der Waals surface area (Å²) < 4.78 is 17.9. The average molecular weight is 351 g/mol. The Kier molecular flexibility index (Phi) is 4.30. The van der Waals surface area contributed by atoms with E-state index in [9.17, 15) is 4.39 Å². The Labute approximate surface area is 149 Å². The van der Waals surface area contributed by atoms with Gasteiger partial charge in [-0.05, 0) is 18.6 Å².